The Labute approximate surface area is 175 Å². The molecule has 1 aliphatic heterocycles. The van der Waals surface area contributed by atoms with E-state index in [2.05, 4.69) is 9.97 Å². The number of carbonyl (C=O) groups is 1. The van der Waals surface area contributed by atoms with Gasteiger partial charge in [0.2, 0.25) is 11.9 Å². The predicted molar refractivity (Wildman–Crippen MR) is 116 cm³/mol. The van der Waals surface area contributed by atoms with Gasteiger partial charge in [-0.1, -0.05) is 54.1 Å². The Kier molecular flexibility index (Phi) is 5.76. The van der Waals surface area contributed by atoms with Crippen LogP contribution in [0.25, 0.3) is 11.1 Å². The molecule has 1 aromatic heterocycles. The van der Waals surface area contributed by atoms with Gasteiger partial charge in [0.1, 0.15) is 0 Å². The first-order chi connectivity index (χ1) is 14.1. The van der Waals surface area contributed by atoms with E-state index in [9.17, 15) is 4.79 Å². The maximum atomic E-state index is 12.9. The Hall–Kier alpha value is -2.92. The molecular formula is C23H23ClN4O. The number of nitrogen functional groups attached to an aromatic ring is 1. The van der Waals surface area contributed by atoms with Gasteiger partial charge < -0.3 is 10.6 Å². The molecule has 5 nitrogen and oxygen atoms in total. The molecule has 1 amide bonds. The lowest BCUT2D eigenvalue weighted by molar-refractivity contribution is -0.131. The lowest BCUT2D eigenvalue weighted by Gasteiger charge is -2.33. The summed E-state index contributed by atoms with van der Waals surface area (Å²) in [5.74, 6) is 0.529. The van der Waals surface area contributed by atoms with Crippen LogP contribution in [-0.4, -0.2) is 33.9 Å². The highest BCUT2D eigenvalue weighted by Gasteiger charge is 2.28. The van der Waals surface area contributed by atoms with Crippen molar-refractivity contribution in [3.8, 4) is 11.1 Å². The Balaban J connectivity index is 1.57. The largest absolute Gasteiger partial charge is 0.368 e. The Morgan fingerprint density at radius 3 is 2.66 bits per heavy atom. The van der Waals surface area contributed by atoms with Crippen LogP contribution in [0.4, 0.5) is 5.95 Å². The predicted octanol–water partition coefficient (Wildman–Crippen LogP) is 4.33. The minimum Gasteiger partial charge on any atom is -0.368 e. The molecule has 0 bridgehead atoms. The topological polar surface area (TPSA) is 72.1 Å². The highest BCUT2D eigenvalue weighted by atomic mass is 35.5. The number of aromatic nitrogens is 2. The summed E-state index contributed by atoms with van der Waals surface area (Å²) >= 11 is 6.04. The first-order valence-electron chi connectivity index (χ1n) is 9.80. The summed E-state index contributed by atoms with van der Waals surface area (Å²) in [6, 6.07) is 17.5. The van der Waals surface area contributed by atoms with Crippen LogP contribution in [0.15, 0.2) is 60.8 Å². The second-order valence-corrected chi connectivity index (χ2v) is 7.81. The van der Waals surface area contributed by atoms with Crippen molar-refractivity contribution in [2.24, 2.45) is 0 Å². The second kappa shape index (κ2) is 8.62. The summed E-state index contributed by atoms with van der Waals surface area (Å²) in [5.41, 5.74) is 9.78. The minimum atomic E-state index is 0.124. The van der Waals surface area contributed by atoms with E-state index in [1.54, 1.807) is 6.20 Å². The van der Waals surface area contributed by atoms with Gasteiger partial charge in [0.05, 0.1) is 12.1 Å². The van der Waals surface area contributed by atoms with Crippen molar-refractivity contribution in [2.75, 3.05) is 18.8 Å². The van der Waals surface area contributed by atoms with Gasteiger partial charge in [0, 0.05) is 35.8 Å². The standard InChI is InChI=1S/C23H23ClN4O/c24-19-10-8-17(9-11-19)20-14-26-23(25)27-22(20)18-7-4-12-28(15-18)21(29)13-16-5-2-1-3-6-16/h1-3,5-6,8-11,14,18H,4,7,12-13,15H2,(H2,25,26,27)/t18-/m0/s1. The van der Waals surface area contributed by atoms with Crippen molar-refractivity contribution in [1.29, 1.82) is 0 Å². The van der Waals surface area contributed by atoms with Crippen LogP contribution in [0.2, 0.25) is 5.02 Å². The molecule has 2 aromatic carbocycles. The minimum absolute atomic E-state index is 0.124. The number of benzene rings is 2. The van der Waals surface area contributed by atoms with E-state index in [0.717, 1.165) is 41.8 Å². The summed E-state index contributed by atoms with van der Waals surface area (Å²) in [6.45, 7) is 1.42. The molecule has 0 aliphatic carbocycles. The fourth-order valence-electron chi connectivity index (χ4n) is 3.88. The van der Waals surface area contributed by atoms with E-state index in [4.69, 9.17) is 17.3 Å². The Bertz CT molecular complexity index is 992. The van der Waals surface area contributed by atoms with E-state index >= 15 is 0 Å². The summed E-state index contributed by atoms with van der Waals surface area (Å²) < 4.78 is 0. The Morgan fingerprint density at radius 2 is 1.90 bits per heavy atom. The average Bonchev–Trinajstić information content (AvgIpc) is 2.75. The second-order valence-electron chi connectivity index (χ2n) is 7.38. The molecule has 0 unspecified atom stereocenters. The maximum Gasteiger partial charge on any atom is 0.227 e. The zero-order chi connectivity index (χ0) is 20.2. The van der Waals surface area contributed by atoms with Gasteiger partial charge in [-0.3, -0.25) is 4.79 Å². The van der Waals surface area contributed by atoms with Crippen molar-refractivity contribution in [3.63, 3.8) is 0 Å². The van der Waals surface area contributed by atoms with Crippen LogP contribution in [0.5, 0.6) is 0 Å². The van der Waals surface area contributed by atoms with Crippen LogP contribution in [0.3, 0.4) is 0 Å². The molecule has 2 heterocycles. The van der Waals surface area contributed by atoms with Crippen LogP contribution in [0.1, 0.15) is 30.0 Å². The molecule has 1 fully saturated rings. The van der Waals surface area contributed by atoms with Crippen molar-refractivity contribution in [3.05, 3.63) is 77.1 Å². The number of hydrogen-bond donors (Lipinski definition) is 1. The quantitative estimate of drug-likeness (QED) is 0.700. The third-order valence-corrected chi connectivity index (χ3v) is 5.60. The zero-order valence-corrected chi connectivity index (χ0v) is 16.8. The van der Waals surface area contributed by atoms with Crippen LogP contribution < -0.4 is 5.73 Å². The lowest BCUT2D eigenvalue weighted by Crippen LogP contribution is -2.40. The van der Waals surface area contributed by atoms with Gasteiger partial charge in [-0.25, -0.2) is 9.97 Å². The fourth-order valence-corrected chi connectivity index (χ4v) is 4.01. The smallest absolute Gasteiger partial charge is 0.227 e. The first-order valence-corrected chi connectivity index (χ1v) is 10.2. The molecule has 4 rings (SSSR count). The molecule has 1 aliphatic rings. The van der Waals surface area contributed by atoms with Crippen molar-refractivity contribution in [1.82, 2.24) is 14.9 Å². The molecule has 0 radical (unpaired) electrons. The number of nitrogens with zero attached hydrogens (tertiary/aromatic N) is 3. The molecule has 148 valence electrons. The van der Waals surface area contributed by atoms with Gasteiger partial charge >= 0.3 is 0 Å². The van der Waals surface area contributed by atoms with Gasteiger partial charge in [-0.15, -0.1) is 0 Å². The van der Waals surface area contributed by atoms with E-state index in [1.807, 2.05) is 59.5 Å². The van der Waals surface area contributed by atoms with Gasteiger partial charge in [-0.05, 0) is 36.1 Å². The highest BCUT2D eigenvalue weighted by molar-refractivity contribution is 6.30. The summed E-state index contributed by atoms with van der Waals surface area (Å²) in [4.78, 5) is 23.6. The number of rotatable bonds is 4. The third kappa shape index (κ3) is 4.57. The van der Waals surface area contributed by atoms with E-state index in [1.165, 1.54) is 0 Å². The maximum absolute atomic E-state index is 12.9. The van der Waals surface area contributed by atoms with Crippen LogP contribution in [0, 0.1) is 0 Å². The number of hydrogen-bond acceptors (Lipinski definition) is 4. The highest BCUT2D eigenvalue weighted by Crippen LogP contribution is 2.34. The molecule has 6 heteroatoms. The summed E-state index contributed by atoms with van der Waals surface area (Å²) in [5, 5.41) is 0.682. The number of likely N-dealkylation sites (tertiary alicyclic amines) is 1. The van der Waals surface area contributed by atoms with Gasteiger partial charge in [0.15, 0.2) is 0 Å². The SMILES string of the molecule is Nc1ncc(-c2ccc(Cl)cc2)c([C@H]2CCCN(C(=O)Cc3ccccc3)C2)n1. The molecule has 1 saturated heterocycles. The van der Waals surface area contributed by atoms with Gasteiger partial charge in [-0.2, -0.15) is 0 Å². The third-order valence-electron chi connectivity index (χ3n) is 5.35. The lowest BCUT2D eigenvalue weighted by atomic mass is 9.89. The molecule has 0 spiro atoms. The number of carbonyl (C=O) groups excluding carboxylic acids is 1. The van der Waals surface area contributed by atoms with E-state index < -0.39 is 0 Å². The number of anilines is 1. The van der Waals surface area contributed by atoms with Crippen molar-refractivity contribution >= 4 is 23.5 Å². The van der Waals surface area contributed by atoms with Crippen molar-refractivity contribution in [2.45, 2.75) is 25.2 Å². The van der Waals surface area contributed by atoms with E-state index in [-0.39, 0.29) is 17.8 Å². The fraction of sp³-hybridized carbons (Fsp3) is 0.261. The van der Waals surface area contributed by atoms with E-state index in [0.29, 0.717) is 18.0 Å². The van der Waals surface area contributed by atoms with Gasteiger partial charge in [0.25, 0.3) is 0 Å². The number of piperidine rings is 1. The number of amides is 1. The van der Waals surface area contributed by atoms with Crippen LogP contribution >= 0.6 is 11.6 Å². The van der Waals surface area contributed by atoms with Crippen molar-refractivity contribution < 1.29 is 4.79 Å². The van der Waals surface area contributed by atoms with Crippen LogP contribution in [-0.2, 0) is 11.2 Å². The molecular weight excluding hydrogens is 384 g/mol. The molecule has 2 N–H and O–H groups in total. The number of nitrogens with two attached hydrogens (primary N) is 1. The number of halogens is 1. The molecule has 1 atom stereocenters. The monoisotopic (exact) mass is 406 g/mol. The summed E-state index contributed by atoms with van der Waals surface area (Å²) in [6.07, 6.45) is 4.09. The molecule has 29 heavy (non-hydrogen) atoms. The Morgan fingerprint density at radius 1 is 1.14 bits per heavy atom. The first kappa shape index (κ1) is 19.4. The molecule has 0 saturated carbocycles. The molecule has 3 aromatic rings. The normalized spacial score (nSPS) is 16.6. The summed E-state index contributed by atoms with van der Waals surface area (Å²) in [7, 11) is 0. The average molecular weight is 407 g/mol. The zero-order valence-electron chi connectivity index (χ0n) is 16.1.